The van der Waals surface area contributed by atoms with Gasteiger partial charge in [0.05, 0.1) is 6.10 Å². The van der Waals surface area contributed by atoms with Crippen molar-refractivity contribution in [2.45, 2.75) is 39.3 Å². The van der Waals surface area contributed by atoms with E-state index in [0.717, 1.165) is 0 Å². The second-order valence-electron chi connectivity index (χ2n) is 3.31. The van der Waals surface area contributed by atoms with E-state index < -0.39 is 14.1 Å². The third-order valence-corrected chi connectivity index (χ3v) is 1.94. The van der Waals surface area contributed by atoms with Gasteiger partial charge in [-0.05, 0) is 27.7 Å². The number of ether oxygens (including phenoxy) is 1. The summed E-state index contributed by atoms with van der Waals surface area (Å²) in [5.41, 5.74) is -0.871. The van der Waals surface area contributed by atoms with Crippen LogP contribution in [-0.4, -0.2) is 17.6 Å². The normalized spacial score (nSPS) is 12.1. The van der Waals surface area contributed by atoms with E-state index in [1.807, 2.05) is 0 Å². The first kappa shape index (κ1) is 11.5. The quantitative estimate of drug-likeness (QED) is 0.538. The molecule has 0 amide bonds. The van der Waals surface area contributed by atoms with Crippen molar-refractivity contribution in [2.75, 3.05) is 0 Å². The van der Waals surface area contributed by atoms with Crippen molar-refractivity contribution in [2.24, 2.45) is 0 Å². The van der Waals surface area contributed by atoms with Crippen molar-refractivity contribution in [3.8, 4) is 0 Å². The van der Waals surface area contributed by atoms with Crippen molar-refractivity contribution < 1.29 is 14.1 Å². The predicted molar refractivity (Wildman–Crippen MR) is 47.4 cm³/mol. The van der Waals surface area contributed by atoms with Gasteiger partial charge in [0.2, 0.25) is 0 Å². The second-order valence-corrected chi connectivity index (χ2v) is 3.76. The van der Waals surface area contributed by atoms with Crippen LogP contribution in [0.3, 0.4) is 0 Å². The van der Waals surface area contributed by atoms with Gasteiger partial charge < -0.3 is 4.74 Å². The lowest BCUT2D eigenvalue weighted by Gasteiger charge is -2.21. The number of rotatable bonds is 4. The van der Waals surface area contributed by atoms with Gasteiger partial charge in [-0.2, -0.15) is 0 Å². The largest absolute Gasteiger partial charge is 0.462 e. The molecular weight excluding hydrogens is 177 g/mol. The summed E-state index contributed by atoms with van der Waals surface area (Å²) in [5, 5.41) is 2.52. The highest BCUT2D eigenvalue weighted by atomic mass is 31.1. The molecule has 0 saturated heterocycles. The summed E-state index contributed by atoms with van der Waals surface area (Å²) in [6, 6.07) is 0. The molecule has 4 nitrogen and oxygen atoms in total. The van der Waals surface area contributed by atoms with Crippen LogP contribution in [0.5, 0.6) is 0 Å². The zero-order valence-electron chi connectivity index (χ0n) is 7.80. The van der Waals surface area contributed by atoms with E-state index in [9.17, 15) is 9.36 Å². The van der Waals surface area contributed by atoms with Crippen molar-refractivity contribution >= 4 is 14.6 Å². The molecule has 1 unspecified atom stereocenters. The Bertz CT molecular complexity index is 179. The van der Waals surface area contributed by atoms with Crippen LogP contribution in [0.4, 0.5) is 0 Å². The van der Waals surface area contributed by atoms with Crippen LogP contribution in [0.2, 0.25) is 0 Å². The van der Waals surface area contributed by atoms with E-state index in [4.69, 9.17) is 4.74 Å². The Balaban J connectivity index is 4.14. The maximum atomic E-state index is 11.2. The fourth-order valence-corrected chi connectivity index (χ4v) is 0.897. The SMILES string of the molecule is CC(C)OC(=O)C(C)(C)N[PH]=O. The molecular formula is C7H15NO3P. The van der Waals surface area contributed by atoms with Gasteiger partial charge in [0.25, 0.3) is 0 Å². The van der Waals surface area contributed by atoms with Crippen LogP contribution in [0.1, 0.15) is 27.7 Å². The number of esters is 1. The molecule has 0 aliphatic heterocycles. The van der Waals surface area contributed by atoms with E-state index in [0.29, 0.717) is 0 Å². The van der Waals surface area contributed by atoms with Crippen LogP contribution < -0.4 is 5.09 Å². The summed E-state index contributed by atoms with van der Waals surface area (Å²) in [6.07, 6.45) is -0.145. The van der Waals surface area contributed by atoms with E-state index in [2.05, 4.69) is 5.09 Å². The van der Waals surface area contributed by atoms with Gasteiger partial charge in [-0.3, -0.25) is 9.36 Å². The van der Waals surface area contributed by atoms with Gasteiger partial charge >= 0.3 is 5.97 Å². The summed E-state index contributed by atoms with van der Waals surface area (Å²) >= 11 is 0. The Morgan fingerprint density at radius 3 is 2.33 bits per heavy atom. The number of hydrogen-bond donors (Lipinski definition) is 1. The summed E-state index contributed by atoms with van der Waals surface area (Å²) in [6.45, 7) is 6.80. The Kier molecular flexibility index (Phi) is 4.35. The maximum absolute atomic E-state index is 11.2. The molecule has 0 spiro atoms. The number of nitrogens with one attached hydrogen (secondary N) is 1. The standard InChI is InChI=1S/C7H15NO3P/c1-5(2)11-6(9)7(3,4)8-12-10/h5,12H,1-4H3,(H,8,10). The Labute approximate surface area is 73.9 Å². The van der Waals surface area contributed by atoms with Crippen LogP contribution in [0, 0.1) is 0 Å². The lowest BCUT2D eigenvalue weighted by molar-refractivity contribution is -0.153. The molecule has 1 atom stereocenters. The molecule has 0 aromatic heterocycles. The van der Waals surface area contributed by atoms with Gasteiger partial charge in [-0.25, -0.2) is 5.09 Å². The fourth-order valence-electron chi connectivity index (χ4n) is 0.540. The highest BCUT2D eigenvalue weighted by Gasteiger charge is 2.29. The van der Waals surface area contributed by atoms with Gasteiger partial charge in [0.15, 0.2) is 0 Å². The molecule has 0 saturated carbocycles. The van der Waals surface area contributed by atoms with Crippen molar-refractivity contribution in [3.05, 3.63) is 0 Å². The Morgan fingerprint density at radius 2 is 2.00 bits per heavy atom. The summed E-state index contributed by atoms with van der Waals surface area (Å²) in [4.78, 5) is 11.2. The zero-order chi connectivity index (χ0) is 9.78. The van der Waals surface area contributed by atoms with Crippen LogP contribution >= 0.6 is 8.61 Å². The van der Waals surface area contributed by atoms with Gasteiger partial charge in [0, 0.05) is 0 Å². The topological polar surface area (TPSA) is 55.4 Å². The fraction of sp³-hybridized carbons (Fsp3) is 0.857. The van der Waals surface area contributed by atoms with Gasteiger partial charge in [-0.15, -0.1) is 0 Å². The van der Waals surface area contributed by atoms with E-state index in [1.54, 1.807) is 27.7 Å². The van der Waals surface area contributed by atoms with Crippen LogP contribution in [-0.2, 0) is 14.1 Å². The molecule has 0 aromatic carbocycles. The van der Waals surface area contributed by atoms with Crippen molar-refractivity contribution in [1.29, 1.82) is 0 Å². The minimum absolute atomic E-state index is 0.145. The molecule has 12 heavy (non-hydrogen) atoms. The lowest BCUT2D eigenvalue weighted by atomic mass is 10.1. The second kappa shape index (κ2) is 4.53. The Hall–Kier alpha value is -0.470. The molecule has 1 radical (unpaired) electrons. The molecule has 0 heterocycles. The average molecular weight is 192 g/mol. The first-order chi connectivity index (χ1) is 5.40. The monoisotopic (exact) mass is 192 g/mol. The summed E-state index contributed by atoms with van der Waals surface area (Å²) < 4.78 is 15.2. The third kappa shape index (κ3) is 3.79. The zero-order valence-corrected chi connectivity index (χ0v) is 8.80. The molecule has 0 aromatic rings. The molecule has 0 aliphatic rings. The predicted octanol–water partition coefficient (Wildman–Crippen LogP) is 1.25. The molecule has 71 valence electrons. The smallest absolute Gasteiger partial charge is 0.326 e. The van der Waals surface area contributed by atoms with Gasteiger partial charge in [0.1, 0.15) is 14.1 Å². The first-order valence-corrected chi connectivity index (χ1v) is 4.66. The third-order valence-electron chi connectivity index (χ3n) is 1.22. The minimum atomic E-state index is -0.871. The molecule has 0 bridgehead atoms. The average Bonchev–Trinajstić information content (AvgIpc) is 1.85. The van der Waals surface area contributed by atoms with E-state index >= 15 is 0 Å². The molecule has 0 rings (SSSR count). The highest BCUT2D eigenvalue weighted by molar-refractivity contribution is 7.21. The van der Waals surface area contributed by atoms with E-state index in [-0.39, 0.29) is 12.1 Å². The Morgan fingerprint density at radius 1 is 1.50 bits per heavy atom. The first-order valence-electron chi connectivity index (χ1n) is 3.75. The van der Waals surface area contributed by atoms with Crippen LogP contribution in [0.15, 0.2) is 0 Å². The summed E-state index contributed by atoms with van der Waals surface area (Å²) in [7, 11) is -0.702. The number of carbonyl (C=O) groups excluding carboxylic acids is 1. The molecule has 5 heteroatoms. The minimum Gasteiger partial charge on any atom is -0.462 e. The number of hydrogen-bond acceptors (Lipinski definition) is 3. The molecule has 1 N–H and O–H groups in total. The lowest BCUT2D eigenvalue weighted by Crippen LogP contribution is -2.44. The van der Waals surface area contributed by atoms with Crippen molar-refractivity contribution in [1.82, 2.24) is 5.09 Å². The van der Waals surface area contributed by atoms with Gasteiger partial charge in [-0.1, -0.05) is 0 Å². The molecule has 0 fully saturated rings. The number of carbonyl (C=O) groups is 1. The van der Waals surface area contributed by atoms with Crippen molar-refractivity contribution in [3.63, 3.8) is 0 Å². The highest BCUT2D eigenvalue weighted by Crippen LogP contribution is 2.09. The summed E-state index contributed by atoms with van der Waals surface area (Å²) in [5.74, 6) is -0.388. The van der Waals surface area contributed by atoms with Crippen LogP contribution in [0.25, 0.3) is 0 Å². The maximum Gasteiger partial charge on any atom is 0.326 e. The van der Waals surface area contributed by atoms with E-state index in [1.165, 1.54) is 0 Å². The molecule has 0 aliphatic carbocycles.